The van der Waals surface area contributed by atoms with Crippen LogP contribution in [0.4, 0.5) is 10.1 Å². The van der Waals surface area contributed by atoms with Crippen LogP contribution in [0.3, 0.4) is 0 Å². The zero-order valence-corrected chi connectivity index (χ0v) is 11.1. The summed E-state index contributed by atoms with van der Waals surface area (Å²) in [4.78, 5) is 21.7. The maximum Gasteiger partial charge on any atom is 0.305 e. The van der Waals surface area contributed by atoms with Crippen molar-refractivity contribution < 1.29 is 14.1 Å². The zero-order valence-electron chi connectivity index (χ0n) is 11.1. The Morgan fingerprint density at radius 3 is 2.58 bits per heavy atom. The van der Waals surface area contributed by atoms with E-state index in [1.165, 1.54) is 6.07 Å². The molecule has 1 amide bonds. The van der Waals surface area contributed by atoms with Gasteiger partial charge < -0.3 is 5.32 Å². The molecule has 1 unspecified atom stereocenters. The lowest BCUT2D eigenvalue weighted by atomic mass is 10.0. The van der Waals surface area contributed by atoms with E-state index < -0.39 is 22.3 Å². The summed E-state index contributed by atoms with van der Waals surface area (Å²) in [5.74, 6) is -1.12. The predicted molar refractivity (Wildman–Crippen MR) is 69.4 cm³/mol. The Labute approximate surface area is 111 Å². The van der Waals surface area contributed by atoms with Crippen LogP contribution in [0, 0.1) is 21.8 Å². The first-order chi connectivity index (χ1) is 8.86. The minimum Gasteiger partial charge on any atom is -0.349 e. The predicted octanol–water partition coefficient (Wildman–Crippen LogP) is 2.90. The molecule has 5 nitrogen and oxygen atoms in total. The normalized spacial score (nSPS) is 12.3. The first kappa shape index (κ1) is 15.1. The first-order valence-corrected chi connectivity index (χ1v) is 6.11. The molecular formula is C13H17FN2O3. The Bertz CT molecular complexity index is 489. The maximum atomic E-state index is 13.2. The van der Waals surface area contributed by atoms with Crippen LogP contribution >= 0.6 is 0 Å². The van der Waals surface area contributed by atoms with Crippen molar-refractivity contribution >= 4 is 11.6 Å². The van der Waals surface area contributed by atoms with Crippen molar-refractivity contribution in [1.82, 2.24) is 5.32 Å². The van der Waals surface area contributed by atoms with Crippen LogP contribution in [0.2, 0.25) is 0 Å². The minimum absolute atomic E-state index is 0.0170. The van der Waals surface area contributed by atoms with Crippen molar-refractivity contribution in [3.63, 3.8) is 0 Å². The Kier molecular flexibility index (Phi) is 4.97. The van der Waals surface area contributed by atoms with E-state index >= 15 is 0 Å². The van der Waals surface area contributed by atoms with Gasteiger partial charge in [0.1, 0.15) is 0 Å². The van der Waals surface area contributed by atoms with Crippen LogP contribution < -0.4 is 5.32 Å². The molecule has 1 rings (SSSR count). The molecule has 0 aliphatic heterocycles. The Morgan fingerprint density at radius 1 is 1.47 bits per heavy atom. The summed E-state index contributed by atoms with van der Waals surface area (Å²) in [6.07, 6.45) is 0.757. The lowest BCUT2D eigenvalue weighted by molar-refractivity contribution is -0.387. The number of nitrogens with zero attached hydrogens (tertiary/aromatic N) is 1. The van der Waals surface area contributed by atoms with Crippen molar-refractivity contribution in [1.29, 1.82) is 0 Å². The second-order valence-corrected chi connectivity index (χ2v) is 4.66. The van der Waals surface area contributed by atoms with E-state index in [2.05, 4.69) is 5.32 Å². The Balaban J connectivity index is 2.94. The molecule has 0 fully saturated rings. The van der Waals surface area contributed by atoms with E-state index in [4.69, 9.17) is 0 Å². The summed E-state index contributed by atoms with van der Waals surface area (Å²) in [5.41, 5.74) is -0.600. The van der Waals surface area contributed by atoms with Gasteiger partial charge in [-0.2, -0.15) is 4.39 Å². The van der Waals surface area contributed by atoms with Crippen molar-refractivity contribution in [3.05, 3.63) is 39.7 Å². The summed E-state index contributed by atoms with van der Waals surface area (Å²) in [5, 5.41) is 13.4. The molecule has 0 spiro atoms. The van der Waals surface area contributed by atoms with E-state index in [0.29, 0.717) is 0 Å². The minimum atomic E-state index is -0.947. The monoisotopic (exact) mass is 268 g/mol. The summed E-state index contributed by atoms with van der Waals surface area (Å²) in [6.45, 7) is 5.89. The third kappa shape index (κ3) is 3.74. The fourth-order valence-corrected chi connectivity index (χ4v) is 1.79. The molecule has 0 saturated heterocycles. The van der Waals surface area contributed by atoms with Gasteiger partial charge in [0.05, 0.1) is 4.92 Å². The lowest BCUT2D eigenvalue weighted by Gasteiger charge is -2.20. The van der Waals surface area contributed by atoms with Gasteiger partial charge in [-0.15, -0.1) is 0 Å². The highest BCUT2D eigenvalue weighted by Gasteiger charge is 2.20. The number of nitro groups is 1. The van der Waals surface area contributed by atoms with Gasteiger partial charge in [-0.3, -0.25) is 14.9 Å². The van der Waals surface area contributed by atoms with Crippen LogP contribution in [0.25, 0.3) is 0 Å². The molecule has 0 radical (unpaired) electrons. The standard InChI is InChI=1S/C13H17FN2O3/c1-4-11(8(2)3)15-13(17)9-5-6-10(14)12(7-9)16(18)19/h5-8,11H,4H2,1-3H3,(H,15,17). The highest BCUT2D eigenvalue weighted by atomic mass is 19.1. The average molecular weight is 268 g/mol. The zero-order chi connectivity index (χ0) is 14.6. The van der Waals surface area contributed by atoms with Gasteiger partial charge in [0.15, 0.2) is 0 Å². The summed E-state index contributed by atoms with van der Waals surface area (Å²) in [7, 11) is 0. The third-order valence-electron chi connectivity index (χ3n) is 2.97. The quantitative estimate of drug-likeness (QED) is 0.659. The van der Waals surface area contributed by atoms with Gasteiger partial charge in [0, 0.05) is 17.7 Å². The molecule has 1 atom stereocenters. The molecule has 104 valence electrons. The smallest absolute Gasteiger partial charge is 0.305 e. The van der Waals surface area contributed by atoms with Crippen molar-refractivity contribution in [2.75, 3.05) is 0 Å². The molecule has 0 aliphatic rings. The SMILES string of the molecule is CCC(NC(=O)c1ccc(F)c([N+](=O)[O-])c1)C(C)C. The van der Waals surface area contributed by atoms with Crippen LogP contribution in [-0.2, 0) is 0 Å². The number of nitro benzene ring substituents is 1. The van der Waals surface area contributed by atoms with E-state index in [0.717, 1.165) is 18.6 Å². The average Bonchev–Trinajstić information content (AvgIpc) is 2.35. The number of hydrogen-bond donors (Lipinski definition) is 1. The Hall–Kier alpha value is -1.98. The first-order valence-electron chi connectivity index (χ1n) is 6.11. The molecule has 1 N–H and O–H groups in total. The van der Waals surface area contributed by atoms with Gasteiger partial charge in [-0.1, -0.05) is 20.8 Å². The van der Waals surface area contributed by atoms with Crippen LogP contribution in [-0.4, -0.2) is 16.9 Å². The van der Waals surface area contributed by atoms with Crippen molar-refractivity contribution in [2.45, 2.75) is 33.2 Å². The summed E-state index contributed by atoms with van der Waals surface area (Å²) in [6, 6.07) is 3.11. The van der Waals surface area contributed by atoms with E-state index in [1.54, 1.807) is 0 Å². The van der Waals surface area contributed by atoms with Crippen molar-refractivity contribution in [2.24, 2.45) is 5.92 Å². The molecule has 0 aromatic heterocycles. The molecule has 6 heteroatoms. The number of amides is 1. The lowest BCUT2D eigenvalue weighted by Crippen LogP contribution is -2.38. The molecular weight excluding hydrogens is 251 g/mol. The molecule has 1 aromatic rings. The van der Waals surface area contributed by atoms with Gasteiger partial charge in [0.2, 0.25) is 5.82 Å². The highest BCUT2D eigenvalue weighted by molar-refractivity contribution is 5.95. The number of benzene rings is 1. The van der Waals surface area contributed by atoms with Crippen molar-refractivity contribution in [3.8, 4) is 0 Å². The fraction of sp³-hybridized carbons (Fsp3) is 0.462. The molecule has 19 heavy (non-hydrogen) atoms. The van der Waals surface area contributed by atoms with Gasteiger partial charge >= 0.3 is 5.69 Å². The van der Waals surface area contributed by atoms with E-state index in [1.807, 2.05) is 20.8 Å². The number of rotatable bonds is 5. The number of carbonyl (C=O) groups excluding carboxylic acids is 1. The van der Waals surface area contributed by atoms with Crippen LogP contribution in [0.1, 0.15) is 37.6 Å². The topological polar surface area (TPSA) is 72.2 Å². The molecule has 0 bridgehead atoms. The van der Waals surface area contributed by atoms with E-state index in [-0.39, 0.29) is 17.5 Å². The Morgan fingerprint density at radius 2 is 2.11 bits per heavy atom. The highest BCUT2D eigenvalue weighted by Crippen LogP contribution is 2.19. The third-order valence-corrected chi connectivity index (χ3v) is 2.97. The number of nitrogens with one attached hydrogen (secondary N) is 1. The number of halogens is 1. The van der Waals surface area contributed by atoms with Crippen LogP contribution in [0.15, 0.2) is 18.2 Å². The largest absolute Gasteiger partial charge is 0.349 e. The van der Waals surface area contributed by atoms with Gasteiger partial charge in [-0.05, 0) is 24.5 Å². The van der Waals surface area contributed by atoms with E-state index in [9.17, 15) is 19.3 Å². The second kappa shape index (κ2) is 6.26. The fourth-order valence-electron chi connectivity index (χ4n) is 1.79. The molecule has 0 aliphatic carbocycles. The molecule has 0 saturated carbocycles. The summed E-state index contributed by atoms with van der Waals surface area (Å²) >= 11 is 0. The molecule has 1 aromatic carbocycles. The molecule has 0 heterocycles. The maximum absolute atomic E-state index is 13.2. The van der Waals surface area contributed by atoms with Gasteiger partial charge in [0.25, 0.3) is 5.91 Å². The van der Waals surface area contributed by atoms with Crippen LogP contribution in [0.5, 0.6) is 0 Å². The van der Waals surface area contributed by atoms with Gasteiger partial charge in [-0.25, -0.2) is 0 Å². The second-order valence-electron chi connectivity index (χ2n) is 4.66. The number of hydrogen-bond acceptors (Lipinski definition) is 3. The summed E-state index contributed by atoms with van der Waals surface area (Å²) < 4.78 is 13.2. The number of carbonyl (C=O) groups is 1.